The van der Waals surface area contributed by atoms with Crippen LogP contribution in [-0.2, 0) is 4.79 Å². The highest BCUT2D eigenvalue weighted by Gasteiger charge is 2.04. The summed E-state index contributed by atoms with van der Waals surface area (Å²) >= 11 is 10.1. The number of carbonyl (C=O) groups is 1. The molecule has 0 fully saturated rings. The Bertz CT molecular complexity index is 73.3. The maximum Gasteiger partial charge on any atom is 0.252 e. The van der Waals surface area contributed by atoms with Crippen molar-refractivity contribution in [1.82, 2.24) is 4.84 Å². The molecule has 0 bridgehead atoms. The second-order valence-corrected chi connectivity index (χ2v) is 1.92. The van der Waals surface area contributed by atoms with Crippen LogP contribution in [0.25, 0.3) is 0 Å². The summed E-state index contributed by atoms with van der Waals surface area (Å²) in [5.41, 5.74) is 0. The zero-order valence-corrected chi connectivity index (χ0v) is 5.25. The molecule has 0 aliphatic carbocycles. The van der Waals surface area contributed by atoms with Crippen LogP contribution in [0.5, 0.6) is 0 Å². The van der Waals surface area contributed by atoms with Crippen LogP contribution in [0.1, 0.15) is 6.92 Å². The van der Waals surface area contributed by atoms with E-state index in [4.69, 9.17) is 23.4 Å². The molecular formula is C3H5Cl2NO. The Hall–Kier alpha value is 0.0500. The third-order valence-corrected chi connectivity index (χ3v) is 0.839. The van der Waals surface area contributed by atoms with Gasteiger partial charge in [0, 0.05) is 11.8 Å². The fraction of sp³-hybridized carbons (Fsp3) is 0.667. The maximum absolute atomic E-state index is 10.1. The predicted octanol–water partition coefficient (Wildman–Crippen LogP) is 0.884. The Balaban J connectivity index is 3.35. The molecular weight excluding hydrogens is 137 g/mol. The molecule has 0 spiro atoms. The van der Waals surface area contributed by atoms with Crippen molar-refractivity contribution >= 4 is 29.3 Å². The van der Waals surface area contributed by atoms with E-state index in [2.05, 4.69) is 0 Å². The van der Waals surface area contributed by atoms with E-state index in [1.165, 1.54) is 0 Å². The average Bonchev–Trinajstić information content (AvgIpc) is 1.65. The molecule has 0 aliphatic rings. The summed E-state index contributed by atoms with van der Waals surface area (Å²) in [6.45, 7) is 1.54. The van der Waals surface area contributed by atoms with E-state index < -0.39 is 5.38 Å². The minimum absolute atomic E-state index is 0.372. The lowest BCUT2D eigenvalue weighted by Gasteiger charge is -1.94. The number of carbonyl (C=O) groups excluding carboxylic acids is 1. The molecule has 0 aromatic heterocycles. The number of halogens is 2. The molecule has 0 aromatic carbocycles. The van der Waals surface area contributed by atoms with Gasteiger partial charge in [-0.25, -0.2) is 0 Å². The van der Waals surface area contributed by atoms with Gasteiger partial charge in [0.2, 0.25) is 0 Å². The smallest absolute Gasteiger partial charge is 0.252 e. The number of hydrogen-bond acceptors (Lipinski definition) is 1. The molecule has 0 saturated heterocycles. The van der Waals surface area contributed by atoms with Crippen LogP contribution in [0.15, 0.2) is 0 Å². The normalized spacial score (nSPS) is 13.0. The fourth-order valence-corrected chi connectivity index (χ4v) is 0.349. The Morgan fingerprint density at radius 3 is 2.29 bits per heavy atom. The highest BCUT2D eigenvalue weighted by atomic mass is 35.5. The van der Waals surface area contributed by atoms with Gasteiger partial charge < -0.3 is 0 Å². The molecule has 0 aliphatic heterocycles. The molecule has 42 valence electrons. The zero-order valence-electron chi connectivity index (χ0n) is 3.74. The van der Waals surface area contributed by atoms with E-state index in [0.29, 0.717) is 0 Å². The highest BCUT2D eigenvalue weighted by molar-refractivity contribution is 6.34. The monoisotopic (exact) mass is 141 g/mol. The lowest BCUT2D eigenvalue weighted by molar-refractivity contribution is -0.118. The summed E-state index contributed by atoms with van der Waals surface area (Å²) in [6.07, 6.45) is 0. The first-order valence-corrected chi connectivity index (χ1v) is 2.54. The minimum atomic E-state index is -0.544. The molecule has 1 atom stereocenters. The second kappa shape index (κ2) is 3.10. The zero-order chi connectivity index (χ0) is 5.86. The van der Waals surface area contributed by atoms with Crippen molar-refractivity contribution in [3.05, 3.63) is 0 Å². The van der Waals surface area contributed by atoms with E-state index in [0.717, 1.165) is 0 Å². The Kier molecular flexibility index (Phi) is 3.13. The van der Waals surface area contributed by atoms with Gasteiger partial charge in [-0.05, 0) is 6.92 Å². The maximum atomic E-state index is 10.1. The topological polar surface area (TPSA) is 29.1 Å². The van der Waals surface area contributed by atoms with E-state index >= 15 is 0 Å². The number of rotatable bonds is 1. The van der Waals surface area contributed by atoms with Crippen molar-refractivity contribution in [2.24, 2.45) is 0 Å². The van der Waals surface area contributed by atoms with Crippen LogP contribution >= 0.6 is 23.4 Å². The molecule has 1 amide bonds. The van der Waals surface area contributed by atoms with Crippen molar-refractivity contribution in [1.29, 1.82) is 0 Å². The Labute approximate surface area is 51.9 Å². The van der Waals surface area contributed by atoms with Crippen molar-refractivity contribution < 1.29 is 4.79 Å². The third-order valence-electron chi connectivity index (χ3n) is 0.454. The standard InChI is InChI=1S/C3H5Cl2NO/c1-2(4)3(7)6-5/h2H,1H3,(H,6,7). The quantitative estimate of drug-likeness (QED) is 0.427. The number of amides is 1. The summed E-state index contributed by atoms with van der Waals surface area (Å²) in [7, 11) is 0. The average molecular weight is 142 g/mol. The summed E-state index contributed by atoms with van der Waals surface area (Å²) in [6, 6.07) is 0. The number of hydrogen-bond donors (Lipinski definition) is 1. The molecule has 0 saturated carbocycles. The van der Waals surface area contributed by atoms with Crippen molar-refractivity contribution in [2.45, 2.75) is 12.3 Å². The van der Waals surface area contributed by atoms with Crippen LogP contribution in [0, 0.1) is 0 Å². The third kappa shape index (κ3) is 2.71. The van der Waals surface area contributed by atoms with Gasteiger partial charge in [-0.1, -0.05) is 0 Å². The molecule has 4 heteroatoms. The SMILES string of the molecule is CC(Cl)C(=O)NCl. The molecule has 0 heterocycles. The van der Waals surface area contributed by atoms with Gasteiger partial charge in [0.15, 0.2) is 0 Å². The van der Waals surface area contributed by atoms with Crippen LogP contribution in [0.2, 0.25) is 0 Å². The molecule has 1 unspecified atom stereocenters. The summed E-state index contributed by atoms with van der Waals surface area (Å²) in [5.74, 6) is -0.372. The van der Waals surface area contributed by atoms with Gasteiger partial charge in [0.05, 0.1) is 0 Å². The Morgan fingerprint density at radius 1 is 1.86 bits per heavy atom. The van der Waals surface area contributed by atoms with E-state index in [1.807, 2.05) is 4.84 Å². The van der Waals surface area contributed by atoms with Crippen LogP contribution in [-0.4, -0.2) is 11.3 Å². The van der Waals surface area contributed by atoms with Crippen LogP contribution in [0.3, 0.4) is 0 Å². The first-order valence-electron chi connectivity index (χ1n) is 1.73. The Morgan fingerprint density at radius 2 is 2.29 bits per heavy atom. The summed E-state index contributed by atoms with van der Waals surface area (Å²) < 4.78 is 0. The van der Waals surface area contributed by atoms with Gasteiger partial charge >= 0.3 is 0 Å². The van der Waals surface area contributed by atoms with Crippen molar-refractivity contribution in [2.75, 3.05) is 0 Å². The second-order valence-electron chi connectivity index (χ2n) is 1.07. The van der Waals surface area contributed by atoms with Crippen LogP contribution in [0.4, 0.5) is 0 Å². The summed E-state index contributed by atoms with van der Waals surface area (Å²) in [5, 5.41) is -0.544. The summed E-state index contributed by atoms with van der Waals surface area (Å²) in [4.78, 5) is 12.0. The van der Waals surface area contributed by atoms with Gasteiger partial charge in [-0.15, -0.1) is 11.6 Å². The fourth-order valence-electron chi connectivity index (χ4n) is 0.0752. The van der Waals surface area contributed by atoms with Crippen LogP contribution < -0.4 is 4.84 Å². The number of alkyl halides is 1. The van der Waals surface area contributed by atoms with Gasteiger partial charge in [0.1, 0.15) is 5.38 Å². The van der Waals surface area contributed by atoms with E-state index in [-0.39, 0.29) is 5.91 Å². The number of nitrogens with one attached hydrogen (secondary N) is 1. The largest absolute Gasteiger partial charge is 0.272 e. The molecule has 2 nitrogen and oxygen atoms in total. The van der Waals surface area contributed by atoms with Gasteiger partial charge in [0.25, 0.3) is 5.91 Å². The molecule has 1 N–H and O–H groups in total. The van der Waals surface area contributed by atoms with Crippen molar-refractivity contribution in [3.8, 4) is 0 Å². The minimum Gasteiger partial charge on any atom is -0.272 e. The molecule has 0 rings (SSSR count). The first-order chi connectivity index (χ1) is 3.18. The van der Waals surface area contributed by atoms with Crippen molar-refractivity contribution in [3.63, 3.8) is 0 Å². The van der Waals surface area contributed by atoms with E-state index in [1.54, 1.807) is 6.92 Å². The lowest BCUT2D eigenvalue weighted by Crippen LogP contribution is -2.20. The van der Waals surface area contributed by atoms with Gasteiger partial charge in [-0.2, -0.15) is 0 Å². The molecule has 0 radical (unpaired) electrons. The highest BCUT2D eigenvalue weighted by Crippen LogP contribution is 1.91. The molecule has 0 aromatic rings. The predicted molar refractivity (Wildman–Crippen MR) is 29.3 cm³/mol. The lowest BCUT2D eigenvalue weighted by atomic mass is 10.5. The van der Waals surface area contributed by atoms with Gasteiger partial charge in [-0.3, -0.25) is 9.63 Å². The molecule has 7 heavy (non-hydrogen) atoms. The van der Waals surface area contributed by atoms with E-state index in [9.17, 15) is 4.79 Å². The first kappa shape index (κ1) is 7.05.